The van der Waals surface area contributed by atoms with Crippen LogP contribution in [0.2, 0.25) is 0 Å². The first kappa shape index (κ1) is 16.4. The Labute approximate surface area is 149 Å². The third-order valence-corrected chi connectivity index (χ3v) is 4.53. The maximum Gasteiger partial charge on any atom is 0.336 e. The first-order valence-electron chi connectivity index (χ1n) is 8.58. The summed E-state index contributed by atoms with van der Waals surface area (Å²) in [4.78, 5) is 24.7. The third-order valence-electron chi connectivity index (χ3n) is 4.53. The SMILES string of the molecule is CC=CC1C=Cc2c(c3c(CC)cc(=O)oc3c3c(=O)cc(C)oc23)O1. The normalized spacial score (nSPS) is 16.3. The van der Waals surface area contributed by atoms with E-state index in [0.29, 0.717) is 34.5 Å². The van der Waals surface area contributed by atoms with Crippen LogP contribution in [0.3, 0.4) is 0 Å². The van der Waals surface area contributed by atoms with Crippen LogP contribution in [0.5, 0.6) is 5.75 Å². The Hall–Kier alpha value is -3.08. The minimum absolute atomic E-state index is 0.228. The third kappa shape index (κ3) is 2.39. The monoisotopic (exact) mass is 350 g/mol. The lowest BCUT2D eigenvalue weighted by atomic mass is 9.97. The van der Waals surface area contributed by atoms with E-state index in [1.807, 2.05) is 38.2 Å². The summed E-state index contributed by atoms with van der Waals surface area (Å²) in [7, 11) is 0. The number of aryl methyl sites for hydroxylation is 2. The molecule has 2 aromatic heterocycles. The molecule has 1 unspecified atom stereocenters. The lowest BCUT2D eigenvalue weighted by Crippen LogP contribution is -2.16. The van der Waals surface area contributed by atoms with E-state index in [1.165, 1.54) is 12.1 Å². The van der Waals surface area contributed by atoms with Crippen molar-refractivity contribution in [3.63, 3.8) is 0 Å². The van der Waals surface area contributed by atoms with E-state index >= 15 is 0 Å². The van der Waals surface area contributed by atoms with Gasteiger partial charge in [-0.1, -0.05) is 13.0 Å². The topological polar surface area (TPSA) is 69.7 Å². The Bertz CT molecular complexity index is 1210. The summed E-state index contributed by atoms with van der Waals surface area (Å²) in [6.45, 7) is 5.58. The quantitative estimate of drug-likeness (QED) is 0.395. The molecule has 0 spiro atoms. The molecule has 1 aliphatic rings. The zero-order chi connectivity index (χ0) is 18.4. The highest BCUT2D eigenvalue weighted by Crippen LogP contribution is 2.41. The van der Waals surface area contributed by atoms with E-state index in [0.717, 1.165) is 5.56 Å². The average molecular weight is 350 g/mol. The highest BCUT2D eigenvalue weighted by molar-refractivity contribution is 6.10. The van der Waals surface area contributed by atoms with Gasteiger partial charge in [-0.3, -0.25) is 4.79 Å². The summed E-state index contributed by atoms with van der Waals surface area (Å²) < 4.78 is 17.5. The predicted octanol–water partition coefficient (Wildman–Crippen LogP) is 4.12. The van der Waals surface area contributed by atoms with Crippen molar-refractivity contribution in [2.45, 2.75) is 33.3 Å². The second kappa shape index (κ2) is 6.02. The molecule has 3 aromatic rings. The number of benzene rings is 1. The Morgan fingerprint density at radius 2 is 1.92 bits per heavy atom. The van der Waals surface area contributed by atoms with E-state index in [2.05, 4.69) is 0 Å². The van der Waals surface area contributed by atoms with E-state index < -0.39 is 5.63 Å². The van der Waals surface area contributed by atoms with Crippen molar-refractivity contribution in [1.29, 1.82) is 0 Å². The number of ether oxygens (including phenoxy) is 1. The van der Waals surface area contributed by atoms with Crippen molar-refractivity contribution in [3.05, 3.63) is 67.9 Å². The fraction of sp³-hybridized carbons (Fsp3) is 0.238. The Balaban J connectivity index is 2.27. The van der Waals surface area contributed by atoms with Crippen molar-refractivity contribution in [2.24, 2.45) is 0 Å². The van der Waals surface area contributed by atoms with Crippen molar-refractivity contribution in [3.8, 4) is 5.75 Å². The molecule has 5 heteroatoms. The smallest absolute Gasteiger partial charge is 0.336 e. The Morgan fingerprint density at radius 1 is 1.12 bits per heavy atom. The average Bonchev–Trinajstić information content (AvgIpc) is 2.60. The maximum atomic E-state index is 12.7. The van der Waals surface area contributed by atoms with Gasteiger partial charge in [-0.05, 0) is 44.1 Å². The fourth-order valence-electron chi connectivity index (χ4n) is 3.43. The van der Waals surface area contributed by atoms with Crippen LogP contribution in [0.25, 0.3) is 28.0 Å². The van der Waals surface area contributed by atoms with Gasteiger partial charge in [0.2, 0.25) is 0 Å². The van der Waals surface area contributed by atoms with Crippen LogP contribution in [-0.2, 0) is 6.42 Å². The van der Waals surface area contributed by atoms with Gasteiger partial charge in [0.1, 0.15) is 23.0 Å². The molecule has 0 bridgehead atoms. The number of hydrogen-bond acceptors (Lipinski definition) is 5. The van der Waals surface area contributed by atoms with E-state index in [-0.39, 0.29) is 22.5 Å². The molecule has 0 saturated heterocycles. The van der Waals surface area contributed by atoms with E-state index in [1.54, 1.807) is 6.92 Å². The molecular formula is C21H18O5. The molecule has 132 valence electrons. The minimum atomic E-state index is -0.494. The van der Waals surface area contributed by atoms with Gasteiger partial charge in [0.15, 0.2) is 16.6 Å². The minimum Gasteiger partial charge on any atom is -0.481 e. The fourth-order valence-corrected chi connectivity index (χ4v) is 3.43. The van der Waals surface area contributed by atoms with Crippen LogP contribution in [-0.4, -0.2) is 6.10 Å². The zero-order valence-corrected chi connectivity index (χ0v) is 14.8. The maximum absolute atomic E-state index is 12.7. The molecule has 3 heterocycles. The number of rotatable bonds is 2. The molecule has 0 aliphatic carbocycles. The molecule has 0 saturated carbocycles. The van der Waals surface area contributed by atoms with Gasteiger partial charge in [0.25, 0.3) is 0 Å². The van der Waals surface area contributed by atoms with Crippen LogP contribution < -0.4 is 15.8 Å². The van der Waals surface area contributed by atoms with Gasteiger partial charge < -0.3 is 13.6 Å². The molecule has 0 fully saturated rings. The second-order valence-corrected chi connectivity index (χ2v) is 6.28. The largest absolute Gasteiger partial charge is 0.481 e. The van der Waals surface area contributed by atoms with Gasteiger partial charge in [-0.2, -0.15) is 0 Å². The van der Waals surface area contributed by atoms with Gasteiger partial charge in [0, 0.05) is 12.1 Å². The summed E-state index contributed by atoms with van der Waals surface area (Å²) in [6, 6.07) is 2.86. The summed E-state index contributed by atoms with van der Waals surface area (Å²) in [5.74, 6) is 1.06. The van der Waals surface area contributed by atoms with Crippen molar-refractivity contribution in [2.75, 3.05) is 0 Å². The summed E-state index contributed by atoms with van der Waals surface area (Å²) >= 11 is 0. The van der Waals surface area contributed by atoms with Crippen LogP contribution in [0.4, 0.5) is 0 Å². The van der Waals surface area contributed by atoms with Crippen molar-refractivity contribution < 1.29 is 13.6 Å². The molecule has 26 heavy (non-hydrogen) atoms. The summed E-state index contributed by atoms with van der Waals surface area (Å²) in [6.07, 6.45) is 8.01. The summed E-state index contributed by atoms with van der Waals surface area (Å²) in [5, 5.41) is 0.930. The lowest BCUT2D eigenvalue weighted by Gasteiger charge is -2.22. The highest BCUT2D eigenvalue weighted by atomic mass is 16.5. The molecule has 1 aromatic carbocycles. The van der Waals surface area contributed by atoms with Crippen molar-refractivity contribution >= 4 is 28.0 Å². The Morgan fingerprint density at radius 3 is 2.65 bits per heavy atom. The molecule has 5 nitrogen and oxygen atoms in total. The van der Waals surface area contributed by atoms with Crippen LogP contribution in [0.1, 0.15) is 30.7 Å². The first-order valence-corrected chi connectivity index (χ1v) is 8.58. The highest BCUT2D eigenvalue weighted by Gasteiger charge is 2.26. The van der Waals surface area contributed by atoms with E-state index in [9.17, 15) is 9.59 Å². The summed E-state index contributed by atoms with van der Waals surface area (Å²) in [5.41, 5.74) is 1.35. The lowest BCUT2D eigenvalue weighted by molar-refractivity contribution is 0.295. The van der Waals surface area contributed by atoms with Crippen LogP contribution >= 0.6 is 0 Å². The number of allylic oxidation sites excluding steroid dienone is 1. The zero-order valence-electron chi connectivity index (χ0n) is 14.8. The van der Waals surface area contributed by atoms with E-state index in [4.69, 9.17) is 13.6 Å². The molecule has 4 rings (SSSR count). The van der Waals surface area contributed by atoms with Crippen LogP contribution in [0.15, 0.2) is 48.8 Å². The van der Waals surface area contributed by atoms with Crippen molar-refractivity contribution in [1.82, 2.24) is 0 Å². The van der Waals surface area contributed by atoms with Gasteiger partial charge in [-0.15, -0.1) is 0 Å². The molecule has 0 radical (unpaired) electrons. The number of hydrogen-bond donors (Lipinski definition) is 0. The van der Waals surface area contributed by atoms with Gasteiger partial charge >= 0.3 is 5.63 Å². The molecular weight excluding hydrogens is 332 g/mol. The predicted molar refractivity (Wildman–Crippen MR) is 101 cm³/mol. The first-order chi connectivity index (χ1) is 12.5. The molecule has 1 aliphatic heterocycles. The van der Waals surface area contributed by atoms with Gasteiger partial charge in [-0.25, -0.2) is 4.79 Å². The van der Waals surface area contributed by atoms with Gasteiger partial charge in [0.05, 0.1) is 10.9 Å². The number of fused-ring (bicyclic) bond motifs is 6. The molecule has 0 amide bonds. The van der Waals surface area contributed by atoms with Crippen LogP contribution in [0, 0.1) is 6.92 Å². The Kier molecular flexibility index (Phi) is 3.80. The molecule has 1 atom stereocenters. The standard InChI is InChI=1S/C21H18O5/c1-4-6-13-7-8-14-19(25-13)17-12(5-2)10-16(23)26-21(17)18-15(22)9-11(3)24-20(14)18/h4,6-10,13H,5H2,1-3H3. The second-order valence-electron chi connectivity index (χ2n) is 6.28. The molecule has 0 N–H and O–H groups in total.